The van der Waals surface area contributed by atoms with Crippen molar-refractivity contribution in [2.75, 3.05) is 50.8 Å². The number of likely N-dealkylation sites (tertiary alicyclic amines) is 1. The van der Waals surface area contributed by atoms with Crippen LogP contribution in [0.15, 0.2) is 48.5 Å². The van der Waals surface area contributed by atoms with E-state index in [2.05, 4.69) is 41.0 Å². The molecule has 4 rings (SSSR count). The molecule has 1 amide bonds. The molecule has 2 aromatic carbocycles. The summed E-state index contributed by atoms with van der Waals surface area (Å²) in [5.74, 6) is 0.0651. The molecule has 0 aliphatic carbocycles. The molecule has 1 atom stereocenters. The maximum absolute atomic E-state index is 12.9. The van der Waals surface area contributed by atoms with Crippen molar-refractivity contribution in [1.82, 2.24) is 9.80 Å². The highest BCUT2D eigenvalue weighted by Crippen LogP contribution is 2.28. The molecule has 0 saturated carbocycles. The van der Waals surface area contributed by atoms with Crippen molar-refractivity contribution in [3.63, 3.8) is 0 Å². The lowest BCUT2D eigenvalue weighted by atomic mass is 9.98. The molecule has 2 aromatic rings. The zero-order valence-electron chi connectivity index (χ0n) is 20.7. The fraction of sp³-hybridized carbons (Fsp3) is 0.500. The number of carbonyl (C=O) groups excluding carboxylic acids is 1. The average molecular weight is 476 g/mol. The zero-order chi connectivity index (χ0) is 24.6. The number of morpholine rings is 1. The Labute approximate surface area is 209 Å². The van der Waals surface area contributed by atoms with E-state index >= 15 is 0 Å². The van der Waals surface area contributed by atoms with Crippen LogP contribution in [0.5, 0.6) is 0 Å². The van der Waals surface area contributed by atoms with Gasteiger partial charge in [-0.25, -0.2) is 0 Å². The molecule has 35 heavy (non-hydrogen) atoms. The number of hydrogen-bond acceptors (Lipinski definition) is 6. The standard InChI is InChI=1S/C28H37N5O2/c1-22(9-12-29)31-13-10-27(11-14-31)33(21-24-4-2-3-23(19-24)20-30)26-7-5-25(6-8-26)28(34)32-15-17-35-18-16-32/h2-8,19,22,27H,9-18,21,29H2,1H3. The van der Waals surface area contributed by atoms with Gasteiger partial charge < -0.3 is 25.2 Å². The van der Waals surface area contributed by atoms with Crippen molar-refractivity contribution >= 4 is 11.6 Å². The van der Waals surface area contributed by atoms with Crippen LogP contribution < -0.4 is 10.6 Å². The lowest BCUT2D eigenvalue weighted by Crippen LogP contribution is -2.47. The second-order valence-electron chi connectivity index (χ2n) is 9.59. The van der Waals surface area contributed by atoms with Crippen LogP contribution >= 0.6 is 0 Å². The highest BCUT2D eigenvalue weighted by atomic mass is 16.5. The number of nitrogens with zero attached hydrogens (tertiary/aromatic N) is 4. The van der Waals surface area contributed by atoms with E-state index in [-0.39, 0.29) is 5.91 Å². The minimum absolute atomic E-state index is 0.0651. The smallest absolute Gasteiger partial charge is 0.254 e. The first-order valence-corrected chi connectivity index (χ1v) is 12.8. The second kappa shape index (κ2) is 12.2. The number of carbonyl (C=O) groups is 1. The van der Waals surface area contributed by atoms with Gasteiger partial charge in [0.25, 0.3) is 5.91 Å². The Kier molecular flexibility index (Phi) is 8.75. The largest absolute Gasteiger partial charge is 0.378 e. The van der Waals surface area contributed by atoms with Gasteiger partial charge in [0.1, 0.15) is 0 Å². The van der Waals surface area contributed by atoms with Crippen molar-refractivity contribution in [1.29, 1.82) is 5.26 Å². The molecule has 2 fully saturated rings. The van der Waals surface area contributed by atoms with E-state index in [9.17, 15) is 10.1 Å². The van der Waals surface area contributed by atoms with Crippen LogP contribution in [0.1, 0.15) is 47.7 Å². The Morgan fingerprint density at radius 1 is 1.14 bits per heavy atom. The number of piperidine rings is 1. The summed E-state index contributed by atoms with van der Waals surface area (Å²) < 4.78 is 5.38. The summed E-state index contributed by atoms with van der Waals surface area (Å²) in [7, 11) is 0. The number of benzene rings is 2. The Hall–Kier alpha value is -2.92. The fourth-order valence-electron chi connectivity index (χ4n) is 5.17. The quantitative estimate of drug-likeness (QED) is 0.631. The molecule has 0 spiro atoms. The number of nitrogens with two attached hydrogens (primary N) is 1. The van der Waals surface area contributed by atoms with Crippen molar-refractivity contribution in [2.45, 2.75) is 44.8 Å². The van der Waals surface area contributed by atoms with Crippen LogP contribution in [0.2, 0.25) is 0 Å². The van der Waals surface area contributed by atoms with Crippen molar-refractivity contribution < 1.29 is 9.53 Å². The van der Waals surface area contributed by atoms with E-state index in [0.29, 0.717) is 49.5 Å². The van der Waals surface area contributed by atoms with E-state index < -0.39 is 0 Å². The van der Waals surface area contributed by atoms with Gasteiger partial charge in [-0.3, -0.25) is 4.79 Å². The number of ether oxygens (including phenoxy) is 1. The molecule has 2 aliphatic rings. The lowest BCUT2D eigenvalue weighted by Gasteiger charge is -2.42. The molecule has 0 aromatic heterocycles. The molecular weight excluding hydrogens is 438 g/mol. The van der Waals surface area contributed by atoms with Crippen LogP contribution in [0.25, 0.3) is 0 Å². The van der Waals surface area contributed by atoms with Gasteiger partial charge in [0.15, 0.2) is 0 Å². The average Bonchev–Trinajstić information content (AvgIpc) is 2.92. The van der Waals surface area contributed by atoms with Gasteiger partial charge in [-0.05, 0) is 74.7 Å². The van der Waals surface area contributed by atoms with Crippen molar-refractivity contribution in [3.8, 4) is 6.07 Å². The molecule has 7 heteroatoms. The number of amides is 1. The predicted octanol–water partition coefficient (Wildman–Crippen LogP) is 3.24. The molecule has 2 N–H and O–H groups in total. The maximum Gasteiger partial charge on any atom is 0.254 e. The number of anilines is 1. The van der Waals surface area contributed by atoms with Gasteiger partial charge in [-0.1, -0.05) is 12.1 Å². The minimum atomic E-state index is 0.0651. The zero-order valence-corrected chi connectivity index (χ0v) is 20.7. The van der Waals surface area contributed by atoms with E-state index in [0.717, 1.165) is 56.7 Å². The first-order chi connectivity index (χ1) is 17.1. The Bertz CT molecular complexity index is 1000. The van der Waals surface area contributed by atoms with Crippen molar-refractivity contribution in [2.24, 2.45) is 5.73 Å². The second-order valence-corrected chi connectivity index (χ2v) is 9.59. The SMILES string of the molecule is CC(CCN)N1CCC(N(Cc2cccc(C#N)c2)c2ccc(C(=O)N3CCOCC3)cc2)CC1. The minimum Gasteiger partial charge on any atom is -0.378 e. The summed E-state index contributed by atoms with van der Waals surface area (Å²) in [6, 6.07) is 19.1. The fourth-order valence-corrected chi connectivity index (χ4v) is 5.17. The summed E-state index contributed by atoms with van der Waals surface area (Å²) in [4.78, 5) is 19.8. The highest BCUT2D eigenvalue weighted by molar-refractivity contribution is 5.94. The number of hydrogen-bond donors (Lipinski definition) is 1. The summed E-state index contributed by atoms with van der Waals surface area (Å²) in [6.07, 6.45) is 3.16. The summed E-state index contributed by atoms with van der Waals surface area (Å²) in [6.45, 7) is 8.30. The first kappa shape index (κ1) is 25.2. The molecular formula is C28H37N5O2. The van der Waals surface area contributed by atoms with Crippen LogP contribution in [0.4, 0.5) is 5.69 Å². The van der Waals surface area contributed by atoms with E-state index in [4.69, 9.17) is 10.5 Å². The maximum atomic E-state index is 12.9. The number of nitriles is 1. The van der Waals surface area contributed by atoms with Gasteiger partial charge in [-0.15, -0.1) is 0 Å². The van der Waals surface area contributed by atoms with Crippen molar-refractivity contribution in [3.05, 3.63) is 65.2 Å². The molecule has 0 radical (unpaired) electrons. The van der Waals surface area contributed by atoms with Gasteiger partial charge >= 0.3 is 0 Å². The van der Waals surface area contributed by atoms with Gasteiger partial charge in [-0.2, -0.15) is 5.26 Å². The summed E-state index contributed by atoms with van der Waals surface area (Å²) >= 11 is 0. The van der Waals surface area contributed by atoms with Crippen LogP contribution in [-0.4, -0.2) is 73.7 Å². The monoisotopic (exact) mass is 475 g/mol. The third-order valence-corrected chi connectivity index (χ3v) is 7.30. The third-order valence-electron chi connectivity index (χ3n) is 7.30. The third kappa shape index (κ3) is 6.40. The molecule has 2 aliphatic heterocycles. The topological polar surface area (TPSA) is 85.8 Å². The summed E-state index contributed by atoms with van der Waals surface area (Å²) in [5.41, 5.74) is 9.41. The Morgan fingerprint density at radius 3 is 2.51 bits per heavy atom. The molecule has 186 valence electrons. The molecule has 2 saturated heterocycles. The van der Waals surface area contributed by atoms with Crippen LogP contribution in [0, 0.1) is 11.3 Å². The Balaban J connectivity index is 1.52. The molecule has 1 unspecified atom stereocenters. The number of rotatable bonds is 8. The van der Waals surface area contributed by atoms with E-state index in [1.165, 1.54) is 0 Å². The van der Waals surface area contributed by atoms with Gasteiger partial charge in [0.05, 0.1) is 24.8 Å². The van der Waals surface area contributed by atoms with Gasteiger partial charge in [0.2, 0.25) is 0 Å². The molecule has 7 nitrogen and oxygen atoms in total. The Morgan fingerprint density at radius 2 is 1.86 bits per heavy atom. The van der Waals surface area contributed by atoms with Crippen LogP contribution in [-0.2, 0) is 11.3 Å². The van der Waals surface area contributed by atoms with Gasteiger partial charge in [0, 0.05) is 56.1 Å². The van der Waals surface area contributed by atoms with Crippen LogP contribution in [0.3, 0.4) is 0 Å². The normalized spacial score (nSPS) is 18.1. The first-order valence-electron chi connectivity index (χ1n) is 12.8. The molecule has 2 heterocycles. The highest BCUT2D eigenvalue weighted by Gasteiger charge is 2.27. The molecule has 0 bridgehead atoms. The summed E-state index contributed by atoms with van der Waals surface area (Å²) in [5, 5.41) is 9.36. The predicted molar refractivity (Wildman–Crippen MR) is 138 cm³/mol. The van der Waals surface area contributed by atoms with E-state index in [1.54, 1.807) is 0 Å². The van der Waals surface area contributed by atoms with E-state index in [1.807, 2.05) is 35.2 Å². The lowest BCUT2D eigenvalue weighted by molar-refractivity contribution is 0.0303.